The van der Waals surface area contributed by atoms with Crippen LogP contribution in [0.15, 0.2) is 570 Å². The van der Waals surface area contributed by atoms with Crippen molar-refractivity contribution in [2.45, 2.75) is 0 Å². The van der Waals surface area contributed by atoms with Crippen molar-refractivity contribution in [3.05, 3.63) is 570 Å². The largest absolute Gasteiger partial charge is 0.311 e. The molecular weight excluding hydrogens is 1680 g/mol. The lowest BCUT2D eigenvalue weighted by Gasteiger charge is -2.45. The zero-order valence-corrected chi connectivity index (χ0v) is 78.2. The van der Waals surface area contributed by atoms with E-state index < -0.39 is 32.3 Å². The van der Waals surface area contributed by atoms with Crippen molar-refractivity contribution in [3.63, 3.8) is 0 Å². The van der Waals surface area contributed by atoms with Crippen molar-refractivity contribution in [2.24, 2.45) is 0 Å². The molecule has 2 heterocycles. The van der Waals surface area contributed by atoms with Crippen molar-refractivity contribution in [2.75, 3.05) is 14.7 Å². The van der Waals surface area contributed by atoms with Crippen molar-refractivity contribution in [3.8, 4) is 22.3 Å². The number of para-hydroxylation sites is 2. The SMILES string of the molecule is c1ccc(N(c2ccccc2)c2cc3c4c(c2)N(c2cccc([Si](c5ccccc5)(c5ccccc5)c5ccccc5)c2)c2cc(-c5cccc([Si](c6ccccc6)(c6ccccc6)c6ccccc6)c5)ccc2B4c2ccc(-c4cccc([Si](c5ccccc5)(c5ccccc5)c5ccccc5)c4)cc2N3c2cccc([Si](c3ccccc3)(c3ccccc3)c3ccccc3)c2)cc1. The third-order valence-electron chi connectivity index (χ3n) is 28.2. The van der Waals surface area contributed by atoms with E-state index >= 15 is 0 Å². The Bertz CT molecular complexity index is 6880. The standard InChI is InChI=1S/C126H94BN3Si4/c1-15-49-99(50-16-1)128(100-51-17-2-18-52-100)103-93-124-126-125(94-103)130(102-54-46-82-119(92-102)134(113-73-37-12-38-74-113,114-75-39-13-40-76-114)115-77-41-14-42-78-115)123-90-98(96-48-44-80-117(88-96)132(107-61-25-6-26-62-107,108-63-27-7-28-64-108)109-65-29-8-30-66-109)84-86-121(123)127(126)120-85-83-97(95-47-43-79-116(87-95)131(104-55-19-3-20-56-104,105-57-21-4-22-58-105)106-59-23-5-24-60-106)89-122(120)129(124)101-53-45-81-118(91-101)133(110-67-31-9-32-68-110,111-69-33-10-34-70-111)112-71-35-11-36-72-112/h1-94H. The highest BCUT2D eigenvalue weighted by molar-refractivity contribution is 7.22. The van der Waals surface area contributed by atoms with Gasteiger partial charge in [-0.1, -0.05) is 497 Å². The Morgan fingerprint density at radius 2 is 0.351 bits per heavy atom. The van der Waals surface area contributed by atoms with Crippen LogP contribution < -0.4 is 114 Å². The normalized spacial score (nSPS) is 12.3. The maximum Gasteiger partial charge on any atom is 0.252 e. The van der Waals surface area contributed by atoms with Gasteiger partial charge in [-0.3, -0.25) is 0 Å². The minimum absolute atomic E-state index is 0.318. The number of fused-ring (bicyclic) bond motifs is 4. The first-order valence-electron chi connectivity index (χ1n) is 46.5. The average molecular weight is 1770 g/mol. The number of rotatable bonds is 23. The van der Waals surface area contributed by atoms with E-state index in [9.17, 15) is 0 Å². The molecule has 0 saturated heterocycles. The van der Waals surface area contributed by atoms with Crippen LogP contribution in [0.4, 0.5) is 51.2 Å². The molecule has 0 aromatic heterocycles. The first kappa shape index (κ1) is 82.4. The second kappa shape index (κ2) is 35.7. The molecule has 134 heavy (non-hydrogen) atoms. The Kier molecular flexibility index (Phi) is 21.9. The van der Waals surface area contributed by atoms with E-state index in [1.165, 1.54) is 99.4 Å². The molecule has 0 aliphatic carbocycles. The molecule has 8 heteroatoms. The summed E-state index contributed by atoms with van der Waals surface area (Å²) in [4.78, 5) is 7.87. The molecule has 0 radical (unpaired) electrons. The molecule has 0 atom stereocenters. The Morgan fingerprint density at radius 1 is 0.149 bits per heavy atom. The van der Waals surface area contributed by atoms with Crippen molar-refractivity contribution < 1.29 is 0 Å². The molecule has 23 rings (SSSR count). The lowest BCUT2D eigenvalue weighted by atomic mass is 9.33. The zero-order valence-electron chi connectivity index (χ0n) is 74.2. The first-order chi connectivity index (χ1) is 66.5. The minimum Gasteiger partial charge on any atom is -0.311 e. The number of benzene rings is 21. The fourth-order valence-corrected chi connectivity index (χ4v) is 41.7. The molecule has 21 aromatic carbocycles. The molecule has 0 unspecified atom stereocenters. The van der Waals surface area contributed by atoms with Gasteiger partial charge in [-0.2, -0.15) is 0 Å². The number of anilines is 9. The molecule has 632 valence electrons. The Hall–Kier alpha value is -16.0. The molecule has 0 amide bonds. The third kappa shape index (κ3) is 14.1. The maximum atomic E-state index is 2.69. The van der Waals surface area contributed by atoms with Crippen LogP contribution in [0.1, 0.15) is 0 Å². The Morgan fingerprint density at radius 3 is 0.590 bits per heavy atom. The van der Waals surface area contributed by atoms with Gasteiger partial charge in [0.05, 0.1) is 5.69 Å². The molecule has 3 nitrogen and oxygen atoms in total. The van der Waals surface area contributed by atoms with E-state index in [4.69, 9.17) is 0 Å². The van der Waals surface area contributed by atoms with Crippen LogP contribution in [0.5, 0.6) is 0 Å². The summed E-state index contributed by atoms with van der Waals surface area (Å²) in [6.07, 6.45) is 0. The van der Waals surface area contributed by atoms with Crippen LogP contribution in [0.2, 0.25) is 0 Å². The van der Waals surface area contributed by atoms with Crippen molar-refractivity contribution in [1.29, 1.82) is 0 Å². The minimum atomic E-state index is -3.22. The van der Waals surface area contributed by atoms with Gasteiger partial charge in [0, 0.05) is 45.5 Å². The lowest BCUT2D eigenvalue weighted by molar-refractivity contribution is 1.23. The highest BCUT2D eigenvalue weighted by Crippen LogP contribution is 2.49. The molecule has 0 spiro atoms. The Balaban J connectivity index is 0.842. The van der Waals surface area contributed by atoms with E-state index in [-0.39, 0.29) is 6.71 Å². The summed E-state index contributed by atoms with van der Waals surface area (Å²) in [6, 6.07) is 218. The average Bonchev–Trinajstić information content (AvgIpc) is 0.687. The van der Waals surface area contributed by atoms with E-state index in [0.29, 0.717) is 0 Å². The van der Waals surface area contributed by atoms with Gasteiger partial charge in [0.1, 0.15) is 0 Å². The predicted molar refractivity (Wildman–Crippen MR) is 580 cm³/mol. The summed E-state index contributed by atoms with van der Waals surface area (Å²) < 4.78 is 0. The molecule has 21 aromatic rings. The Labute approximate surface area is 790 Å². The third-order valence-corrected chi connectivity index (χ3v) is 47.3. The monoisotopic (exact) mass is 1770 g/mol. The zero-order chi connectivity index (χ0) is 89.3. The van der Waals surface area contributed by atoms with Crippen LogP contribution in [0.3, 0.4) is 0 Å². The lowest BCUT2D eigenvalue weighted by Crippen LogP contribution is -2.74. The molecule has 0 fully saturated rings. The molecule has 0 N–H and O–H groups in total. The fraction of sp³-hybridized carbons (Fsp3) is 0. The maximum absolute atomic E-state index is 3.22. The second-order valence-electron chi connectivity index (χ2n) is 35.2. The van der Waals surface area contributed by atoms with Gasteiger partial charge in [0.25, 0.3) is 6.71 Å². The quantitative estimate of drug-likeness (QED) is 0.0467. The smallest absolute Gasteiger partial charge is 0.252 e. The predicted octanol–water partition coefficient (Wildman–Crippen LogP) is 18.1. The summed E-state index contributed by atoms with van der Waals surface area (Å²) in [5.41, 5.74) is 17.7. The van der Waals surface area contributed by atoms with Crippen molar-refractivity contribution in [1.82, 2.24) is 0 Å². The molecule has 2 aliphatic rings. The van der Waals surface area contributed by atoms with Gasteiger partial charge in [-0.05, 0) is 194 Å². The summed E-state index contributed by atoms with van der Waals surface area (Å²) in [6.45, 7) is -0.318. The van der Waals surface area contributed by atoms with Crippen molar-refractivity contribution >= 4 is 190 Å². The van der Waals surface area contributed by atoms with E-state index in [1.54, 1.807) is 0 Å². The molecule has 0 bridgehead atoms. The summed E-state index contributed by atoms with van der Waals surface area (Å²) in [5.74, 6) is 0. The number of hydrogen-bond acceptors (Lipinski definition) is 3. The molecule has 0 saturated carbocycles. The van der Waals surface area contributed by atoms with Gasteiger partial charge in [-0.15, -0.1) is 0 Å². The van der Waals surface area contributed by atoms with Gasteiger partial charge < -0.3 is 14.7 Å². The van der Waals surface area contributed by atoms with Crippen LogP contribution in [-0.2, 0) is 0 Å². The second-order valence-corrected chi connectivity index (χ2v) is 50.4. The van der Waals surface area contributed by atoms with Crippen LogP contribution in [0, 0.1) is 0 Å². The van der Waals surface area contributed by atoms with Crippen LogP contribution >= 0.6 is 0 Å². The first-order valence-corrected chi connectivity index (χ1v) is 54.5. The van der Waals surface area contributed by atoms with Gasteiger partial charge in [0.15, 0.2) is 32.3 Å². The van der Waals surface area contributed by atoms with Crippen LogP contribution in [0.25, 0.3) is 22.3 Å². The molecule has 2 aliphatic heterocycles. The van der Waals surface area contributed by atoms with Gasteiger partial charge >= 0.3 is 0 Å². The summed E-state index contributed by atoms with van der Waals surface area (Å²) >= 11 is 0. The fourth-order valence-electron chi connectivity index (χ4n) is 22.5. The van der Waals surface area contributed by atoms with E-state index in [1.807, 2.05) is 0 Å². The molecular formula is C126H94BN3Si4. The number of hydrogen-bond donors (Lipinski definition) is 0. The highest BCUT2D eigenvalue weighted by atomic mass is 28.3. The number of nitrogens with zero attached hydrogens (tertiary/aromatic N) is 3. The summed E-state index contributed by atoms with van der Waals surface area (Å²) in [7, 11) is -12.5. The van der Waals surface area contributed by atoms with E-state index in [0.717, 1.165) is 73.4 Å². The van der Waals surface area contributed by atoms with Gasteiger partial charge in [-0.25, -0.2) is 0 Å². The van der Waals surface area contributed by atoms with Crippen LogP contribution in [-0.4, -0.2) is 39.0 Å². The van der Waals surface area contributed by atoms with Gasteiger partial charge in [0.2, 0.25) is 0 Å². The highest BCUT2D eigenvalue weighted by Gasteiger charge is 2.50. The summed E-state index contributed by atoms with van der Waals surface area (Å²) in [5, 5.41) is 21.0. The van der Waals surface area contributed by atoms with E-state index in [2.05, 4.69) is 585 Å². The topological polar surface area (TPSA) is 9.72 Å².